The highest BCUT2D eigenvalue weighted by atomic mass is 16.4. The number of carbonyl (C=O) groups is 1. The second-order valence-corrected chi connectivity index (χ2v) is 2.57. The molecular formula is C7H10O5. The van der Waals surface area contributed by atoms with Crippen molar-refractivity contribution in [3.8, 4) is 0 Å². The van der Waals surface area contributed by atoms with E-state index in [9.17, 15) is 4.79 Å². The van der Waals surface area contributed by atoms with Crippen molar-refractivity contribution in [1.82, 2.24) is 0 Å². The van der Waals surface area contributed by atoms with E-state index in [-0.39, 0.29) is 0 Å². The van der Waals surface area contributed by atoms with Crippen molar-refractivity contribution < 1.29 is 26.6 Å². The Balaban J connectivity index is 2.97. The molecule has 0 amide bonds. The van der Waals surface area contributed by atoms with Crippen LogP contribution in [-0.4, -0.2) is 44.7 Å². The molecule has 4 atom stereocenters. The molecule has 0 saturated heterocycles. The fourth-order valence-electron chi connectivity index (χ4n) is 0.965. The predicted octanol–water partition coefficient (Wildman–Crippen LogP) is -1.52. The van der Waals surface area contributed by atoms with Gasteiger partial charge in [0.2, 0.25) is 0 Å². The lowest BCUT2D eigenvalue weighted by molar-refractivity contribution is -0.134. The number of hydrogen-bond donors (Lipinski definition) is 4. The first-order chi connectivity index (χ1) is 5.95. The van der Waals surface area contributed by atoms with Crippen LogP contribution in [0.3, 0.4) is 0 Å². The summed E-state index contributed by atoms with van der Waals surface area (Å²) < 4.78 is 7.22. The SMILES string of the molecule is [2H][C@@H]1C(C(=O)O)=C[C@@H](O)[C@@H](O)[C@@H]1O. The largest absolute Gasteiger partial charge is 0.478 e. The monoisotopic (exact) mass is 175 g/mol. The molecule has 5 heteroatoms. The van der Waals surface area contributed by atoms with Crippen molar-refractivity contribution in [1.29, 1.82) is 0 Å². The van der Waals surface area contributed by atoms with Gasteiger partial charge in [0, 0.05) is 13.3 Å². The molecule has 0 unspecified atom stereocenters. The molecule has 0 fully saturated rings. The van der Waals surface area contributed by atoms with Crippen molar-refractivity contribution in [3.05, 3.63) is 11.6 Å². The maximum atomic E-state index is 10.5. The van der Waals surface area contributed by atoms with Gasteiger partial charge in [0.15, 0.2) is 0 Å². The zero-order chi connectivity index (χ0) is 10.2. The molecule has 0 spiro atoms. The average molecular weight is 175 g/mol. The van der Waals surface area contributed by atoms with Gasteiger partial charge in [-0.3, -0.25) is 0 Å². The minimum atomic E-state index is -1.56. The third kappa shape index (κ3) is 1.63. The maximum absolute atomic E-state index is 10.5. The maximum Gasteiger partial charge on any atom is 0.331 e. The van der Waals surface area contributed by atoms with E-state index in [0.717, 1.165) is 6.08 Å². The third-order valence-corrected chi connectivity index (χ3v) is 1.65. The number of carboxylic acids is 1. The Kier molecular flexibility index (Phi) is 2.07. The summed E-state index contributed by atoms with van der Waals surface area (Å²) >= 11 is 0. The van der Waals surface area contributed by atoms with Crippen LogP contribution in [0.1, 0.15) is 7.77 Å². The first kappa shape index (κ1) is 7.72. The van der Waals surface area contributed by atoms with Gasteiger partial charge in [-0.1, -0.05) is 0 Å². The highest BCUT2D eigenvalue weighted by molar-refractivity contribution is 5.87. The number of aliphatic hydroxyl groups is 3. The molecule has 0 heterocycles. The molecule has 4 N–H and O–H groups in total. The molecular weight excluding hydrogens is 164 g/mol. The Hall–Kier alpha value is -0.910. The van der Waals surface area contributed by atoms with Gasteiger partial charge in [0.1, 0.15) is 12.2 Å². The van der Waals surface area contributed by atoms with Gasteiger partial charge < -0.3 is 20.4 Å². The van der Waals surface area contributed by atoms with Gasteiger partial charge in [-0.15, -0.1) is 0 Å². The van der Waals surface area contributed by atoms with Crippen LogP contribution in [-0.2, 0) is 4.79 Å². The summed E-state index contributed by atoms with van der Waals surface area (Å²) in [5, 5.41) is 35.8. The third-order valence-electron chi connectivity index (χ3n) is 1.65. The fraction of sp³-hybridized carbons (Fsp3) is 0.571. The molecule has 0 bridgehead atoms. The Morgan fingerprint density at radius 3 is 2.67 bits per heavy atom. The van der Waals surface area contributed by atoms with Crippen molar-refractivity contribution in [2.24, 2.45) is 0 Å². The number of rotatable bonds is 1. The predicted molar refractivity (Wildman–Crippen MR) is 38.4 cm³/mol. The first-order valence-electron chi connectivity index (χ1n) is 3.94. The molecule has 1 rings (SSSR count). The van der Waals surface area contributed by atoms with Crippen molar-refractivity contribution in [2.75, 3.05) is 0 Å². The molecule has 1 aliphatic carbocycles. The van der Waals surface area contributed by atoms with Gasteiger partial charge in [-0.05, 0) is 6.08 Å². The Bertz CT molecular complexity index is 251. The van der Waals surface area contributed by atoms with Crippen LogP contribution in [0.25, 0.3) is 0 Å². The van der Waals surface area contributed by atoms with Gasteiger partial charge in [0.25, 0.3) is 0 Å². The summed E-state index contributed by atoms with van der Waals surface area (Å²) in [6.45, 7) is 0. The quantitative estimate of drug-likeness (QED) is 0.388. The van der Waals surface area contributed by atoms with E-state index >= 15 is 0 Å². The van der Waals surface area contributed by atoms with Crippen LogP contribution in [0.4, 0.5) is 0 Å². The second-order valence-electron chi connectivity index (χ2n) is 2.57. The van der Waals surface area contributed by atoms with Crippen molar-refractivity contribution >= 4 is 5.97 Å². The van der Waals surface area contributed by atoms with Gasteiger partial charge in [0.05, 0.1) is 6.10 Å². The highest BCUT2D eigenvalue weighted by Gasteiger charge is 2.31. The van der Waals surface area contributed by atoms with Crippen LogP contribution in [0.15, 0.2) is 11.6 Å². The number of aliphatic hydroxyl groups excluding tert-OH is 3. The van der Waals surface area contributed by atoms with Crippen molar-refractivity contribution in [2.45, 2.75) is 24.7 Å². The van der Waals surface area contributed by atoms with E-state index in [2.05, 4.69) is 0 Å². The van der Waals surface area contributed by atoms with E-state index in [0.29, 0.717) is 0 Å². The van der Waals surface area contributed by atoms with Crippen LogP contribution < -0.4 is 0 Å². The van der Waals surface area contributed by atoms with Crippen LogP contribution >= 0.6 is 0 Å². The smallest absolute Gasteiger partial charge is 0.331 e. The lowest BCUT2D eigenvalue weighted by Gasteiger charge is -2.25. The number of aliphatic carboxylic acids is 1. The second kappa shape index (κ2) is 3.22. The normalized spacial score (nSPS) is 43.2. The average Bonchev–Trinajstić information content (AvgIpc) is 2.07. The minimum Gasteiger partial charge on any atom is -0.478 e. The Morgan fingerprint density at radius 2 is 2.17 bits per heavy atom. The summed E-state index contributed by atoms with van der Waals surface area (Å²) in [7, 11) is 0. The van der Waals surface area contributed by atoms with E-state index in [1.807, 2.05) is 0 Å². The first-order valence-corrected chi connectivity index (χ1v) is 3.36. The van der Waals surface area contributed by atoms with Crippen LogP contribution in [0.5, 0.6) is 0 Å². The van der Waals surface area contributed by atoms with Gasteiger partial charge >= 0.3 is 5.97 Å². The summed E-state index contributed by atoms with van der Waals surface area (Å²) in [4.78, 5) is 10.5. The van der Waals surface area contributed by atoms with E-state index in [1.165, 1.54) is 0 Å². The molecule has 5 nitrogen and oxygen atoms in total. The summed E-state index contributed by atoms with van der Waals surface area (Å²) in [5.41, 5.74) is -0.398. The lowest BCUT2D eigenvalue weighted by Crippen LogP contribution is -2.40. The van der Waals surface area contributed by atoms with Gasteiger partial charge in [-0.25, -0.2) is 4.79 Å². The zero-order valence-electron chi connectivity index (χ0n) is 7.08. The molecule has 0 aromatic heterocycles. The molecule has 0 aliphatic heterocycles. The summed E-state index contributed by atoms with van der Waals surface area (Å²) in [6.07, 6.45) is -5.03. The lowest BCUT2D eigenvalue weighted by atomic mass is 9.92. The molecule has 12 heavy (non-hydrogen) atoms. The molecule has 68 valence electrons. The van der Waals surface area contributed by atoms with Crippen LogP contribution in [0, 0.1) is 0 Å². The summed E-state index contributed by atoms with van der Waals surface area (Å²) in [6, 6.07) is 0. The van der Waals surface area contributed by atoms with Crippen LogP contribution in [0.2, 0.25) is 0 Å². The minimum absolute atomic E-state index is 0.398. The fourth-order valence-corrected chi connectivity index (χ4v) is 0.965. The van der Waals surface area contributed by atoms with E-state index < -0.39 is 36.3 Å². The standard InChI is InChI=1S/C7H10O5/c8-4-1-3(7(11)12)2-5(9)6(4)10/h1,4-6,8-10H,2H2,(H,11,12)/t4-,5-,6-/m1/s1/i2D/t2-,4-,5-,6-. The van der Waals surface area contributed by atoms with E-state index in [1.54, 1.807) is 0 Å². The van der Waals surface area contributed by atoms with Gasteiger partial charge in [-0.2, -0.15) is 0 Å². The Labute approximate surface area is 70.0 Å². The van der Waals surface area contributed by atoms with Crippen molar-refractivity contribution in [3.63, 3.8) is 0 Å². The molecule has 0 saturated carbocycles. The molecule has 0 aromatic rings. The number of hydrogen-bond acceptors (Lipinski definition) is 4. The Morgan fingerprint density at radius 1 is 1.58 bits per heavy atom. The molecule has 0 radical (unpaired) electrons. The van der Waals surface area contributed by atoms with E-state index in [4.69, 9.17) is 21.8 Å². The zero-order valence-corrected chi connectivity index (χ0v) is 6.08. The number of carboxylic acid groups (broad SMARTS) is 1. The highest BCUT2D eigenvalue weighted by Crippen LogP contribution is 2.19. The summed E-state index contributed by atoms with van der Waals surface area (Å²) in [5.74, 6) is -1.37. The topological polar surface area (TPSA) is 98.0 Å². The molecule has 0 aromatic carbocycles. The molecule has 1 aliphatic rings.